The van der Waals surface area contributed by atoms with Crippen LogP contribution in [0.5, 0.6) is 5.75 Å². The number of hydrogen-bond donors (Lipinski definition) is 1. The first kappa shape index (κ1) is 12.1. The van der Waals surface area contributed by atoms with Crippen LogP contribution in [0, 0.1) is 16.0 Å². The topological polar surface area (TPSA) is 64.4 Å². The molecule has 0 bridgehead atoms. The lowest BCUT2D eigenvalue weighted by Crippen LogP contribution is -2.15. The Bertz CT molecular complexity index is 419. The normalized spacial score (nSPS) is 19.2. The van der Waals surface area contributed by atoms with Crippen molar-refractivity contribution < 1.29 is 9.66 Å². The van der Waals surface area contributed by atoms with Crippen molar-refractivity contribution in [2.75, 3.05) is 19.7 Å². The zero-order valence-electron chi connectivity index (χ0n) is 9.19. The number of hydrogen-bond acceptors (Lipinski definition) is 4. The quantitative estimate of drug-likeness (QED) is 0.663. The summed E-state index contributed by atoms with van der Waals surface area (Å²) in [6, 6.07) is 4.34. The second-order valence-corrected chi connectivity index (χ2v) is 4.48. The van der Waals surface area contributed by atoms with Gasteiger partial charge >= 0.3 is 5.69 Å². The Morgan fingerprint density at radius 2 is 2.41 bits per heavy atom. The molecule has 0 radical (unpaired) electrons. The summed E-state index contributed by atoms with van der Waals surface area (Å²) in [6.45, 7) is 2.36. The minimum atomic E-state index is -0.460. The molecule has 0 amide bonds. The molecule has 1 aliphatic rings. The van der Waals surface area contributed by atoms with E-state index >= 15 is 0 Å². The van der Waals surface area contributed by atoms with Gasteiger partial charge in [-0.3, -0.25) is 10.1 Å². The Morgan fingerprint density at radius 1 is 1.59 bits per heavy atom. The largest absolute Gasteiger partial charge is 0.486 e. The average Bonchev–Trinajstić information content (AvgIpc) is 2.78. The van der Waals surface area contributed by atoms with Crippen LogP contribution in [0.1, 0.15) is 6.42 Å². The van der Waals surface area contributed by atoms with E-state index in [9.17, 15) is 10.1 Å². The van der Waals surface area contributed by atoms with Crippen LogP contribution in [-0.4, -0.2) is 24.6 Å². The predicted molar refractivity (Wildman–Crippen MR) is 64.6 cm³/mol. The van der Waals surface area contributed by atoms with E-state index in [0.717, 1.165) is 19.5 Å². The van der Waals surface area contributed by atoms with Gasteiger partial charge in [-0.1, -0.05) is 11.6 Å². The molecular formula is C11H13ClN2O3. The van der Waals surface area contributed by atoms with E-state index in [1.54, 1.807) is 0 Å². The highest BCUT2D eigenvalue weighted by Crippen LogP contribution is 2.30. The maximum absolute atomic E-state index is 10.8. The first-order chi connectivity index (χ1) is 8.16. The van der Waals surface area contributed by atoms with Gasteiger partial charge in [-0.25, -0.2) is 0 Å². The zero-order chi connectivity index (χ0) is 12.3. The first-order valence-corrected chi connectivity index (χ1v) is 5.82. The maximum atomic E-state index is 10.8. The number of nitro benzene ring substituents is 1. The summed E-state index contributed by atoms with van der Waals surface area (Å²) in [6.07, 6.45) is 1.04. The van der Waals surface area contributed by atoms with Crippen LogP contribution in [0.2, 0.25) is 5.02 Å². The molecule has 17 heavy (non-hydrogen) atoms. The molecule has 1 fully saturated rings. The predicted octanol–water partition coefficient (Wildman–Crippen LogP) is 2.24. The van der Waals surface area contributed by atoms with Gasteiger partial charge in [0.15, 0.2) is 5.75 Å². The molecule has 1 unspecified atom stereocenters. The number of nitro groups is 1. The molecule has 0 aromatic heterocycles. The third-order valence-corrected chi connectivity index (χ3v) is 2.99. The van der Waals surface area contributed by atoms with E-state index in [1.165, 1.54) is 18.2 Å². The molecule has 1 atom stereocenters. The van der Waals surface area contributed by atoms with E-state index in [4.69, 9.17) is 16.3 Å². The van der Waals surface area contributed by atoms with Gasteiger partial charge in [0.2, 0.25) is 0 Å². The van der Waals surface area contributed by atoms with Crippen molar-refractivity contribution >= 4 is 17.3 Å². The summed E-state index contributed by atoms with van der Waals surface area (Å²) in [5.74, 6) is 0.656. The minimum Gasteiger partial charge on any atom is -0.486 e. The smallest absolute Gasteiger partial charge is 0.311 e. The first-order valence-electron chi connectivity index (χ1n) is 5.44. The molecule has 5 nitrogen and oxygen atoms in total. The molecule has 92 valence electrons. The van der Waals surface area contributed by atoms with E-state index in [0.29, 0.717) is 17.5 Å². The lowest BCUT2D eigenvalue weighted by atomic mass is 10.1. The molecule has 6 heteroatoms. The fraction of sp³-hybridized carbons (Fsp3) is 0.455. The van der Waals surface area contributed by atoms with E-state index in [2.05, 4.69) is 5.32 Å². The molecule has 0 saturated carbocycles. The standard InChI is InChI=1S/C11H13ClN2O3/c12-9-1-2-10(14(15)16)11(5-9)17-7-8-3-4-13-6-8/h1-2,5,8,13H,3-4,6-7H2. The van der Waals surface area contributed by atoms with Crippen molar-refractivity contribution in [3.63, 3.8) is 0 Å². The highest BCUT2D eigenvalue weighted by Gasteiger charge is 2.19. The van der Waals surface area contributed by atoms with Crippen molar-refractivity contribution in [1.82, 2.24) is 5.32 Å². The third-order valence-electron chi connectivity index (χ3n) is 2.76. The Labute approximate surface area is 104 Å². The summed E-state index contributed by atoms with van der Waals surface area (Å²) in [7, 11) is 0. The fourth-order valence-electron chi connectivity index (χ4n) is 1.82. The van der Waals surface area contributed by atoms with Crippen LogP contribution >= 0.6 is 11.6 Å². The molecule has 1 aromatic carbocycles. The van der Waals surface area contributed by atoms with Crippen molar-refractivity contribution in [2.24, 2.45) is 5.92 Å². The van der Waals surface area contributed by atoms with Crippen molar-refractivity contribution in [3.8, 4) is 5.75 Å². The lowest BCUT2D eigenvalue weighted by Gasteiger charge is -2.11. The summed E-state index contributed by atoms with van der Waals surface area (Å²) in [4.78, 5) is 10.3. The maximum Gasteiger partial charge on any atom is 0.311 e. The molecule has 2 rings (SSSR count). The van der Waals surface area contributed by atoms with Crippen molar-refractivity contribution in [3.05, 3.63) is 33.3 Å². The third kappa shape index (κ3) is 3.08. The minimum absolute atomic E-state index is 0.0413. The highest BCUT2D eigenvalue weighted by atomic mass is 35.5. The second-order valence-electron chi connectivity index (χ2n) is 4.04. The van der Waals surface area contributed by atoms with Gasteiger partial charge in [0.25, 0.3) is 0 Å². The number of benzene rings is 1. The van der Waals surface area contributed by atoms with Crippen LogP contribution in [0.3, 0.4) is 0 Å². The van der Waals surface area contributed by atoms with Gasteiger partial charge in [0.05, 0.1) is 11.5 Å². The van der Waals surface area contributed by atoms with Crippen LogP contribution in [-0.2, 0) is 0 Å². The van der Waals surface area contributed by atoms with Crippen LogP contribution < -0.4 is 10.1 Å². The molecular weight excluding hydrogens is 244 g/mol. The molecule has 0 aliphatic carbocycles. The second kappa shape index (κ2) is 5.33. The lowest BCUT2D eigenvalue weighted by molar-refractivity contribution is -0.385. The zero-order valence-corrected chi connectivity index (χ0v) is 9.94. The van der Waals surface area contributed by atoms with Gasteiger partial charge in [-0.2, -0.15) is 0 Å². The van der Waals surface area contributed by atoms with E-state index < -0.39 is 4.92 Å². The number of halogens is 1. The van der Waals surface area contributed by atoms with Crippen LogP contribution in [0.25, 0.3) is 0 Å². The monoisotopic (exact) mass is 256 g/mol. The van der Waals surface area contributed by atoms with Gasteiger partial charge < -0.3 is 10.1 Å². The van der Waals surface area contributed by atoms with Crippen LogP contribution in [0.4, 0.5) is 5.69 Å². The Kier molecular flexibility index (Phi) is 3.81. The SMILES string of the molecule is O=[N+]([O-])c1ccc(Cl)cc1OCC1CCNC1. The molecule has 1 N–H and O–H groups in total. The highest BCUT2D eigenvalue weighted by molar-refractivity contribution is 6.30. The molecule has 0 spiro atoms. The number of nitrogens with one attached hydrogen (secondary N) is 1. The van der Waals surface area contributed by atoms with Gasteiger partial charge in [-0.15, -0.1) is 0 Å². The van der Waals surface area contributed by atoms with Crippen molar-refractivity contribution in [1.29, 1.82) is 0 Å². The Morgan fingerprint density at radius 3 is 3.06 bits per heavy atom. The number of nitrogens with zero attached hydrogens (tertiary/aromatic N) is 1. The van der Waals surface area contributed by atoms with Gasteiger partial charge in [0.1, 0.15) is 0 Å². The summed E-state index contributed by atoms with van der Waals surface area (Å²) < 4.78 is 5.50. The molecule has 1 aliphatic heterocycles. The average molecular weight is 257 g/mol. The van der Waals surface area contributed by atoms with E-state index in [1.807, 2.05) is 0 Å². The fourth-order valence-corrected chi connectivity index (χ4v) is 1.98. The van der Waals surface area contributed by atoms with Crippen molar-refractivity contribution in [2.45, 2.75) is 6.42 Å². The molecule has 1 heterocycles. The Balaban J connectivity index is 2.07. The van der Waals surface area contributed by atoms with Crippen LogP contribution in [0.15, 0.2) is 18.2 Å². The molecule has 1 saturated heterocycles. The van der Waals surface area contributed by atoms with E-state index in [-0.39, 0.29) is 11.4 Å². The van der Waals surface area contributed by atoms with Gasteiger partial charge in [-0.05, 0) is 19.0 Å². The summed E-state index contributed by atoms with van der Waals surface area (Å²) in [5.41, 5.74) is -0.0413. The number of rotatable bonds is 4. The number of ether oxygens (including phenoxy) is 1. The molecule has 1 aromatic rings. The van der Waals surface area contributed by atoms with Gasteiger partial charge in [0, 0.05) is 29.6 Å². The summed E-state index contributed by atoms with van der Waals surface area (Å²) >= 11 is 5.80. The Hall–Kier alpha value is -1.33. The summed E-state index contributed by atoms with van der Waals surface area (Å²) in [5, 5.41) is 14.5.